The van der Waals surface area contributed by atoms with E-state index < -0.39 is 11.6 Å². The Morgan fingerprint density at radius 2 is 1.83 bits per heavy atom. The second-order valence-corrected chi connectivity index (χ2v) is 3.86. The summed E-state index contributed by atoms with van der Waals surface area (Å²) in [5, 5.41) is 7.26. The van der Waals surface area contributed by atoms with Gasteiger partial charge in [0, 0.05) is 32.4 Å². The van der Waals surface area contributed by atoms with Crippen molar-refractivity contribution in [3.63, 3.8) is 0 Å². The maximum atomic E-state index is 12.9. The molecule has 1 aromatic carbocycles. The van der Waals surface area contributed by atoms with Gasteiger partial charge in [-0.2, -0.15) is 5.10 Å². The lowest BCUT2D eigenvalue weighted by molar-refractivity contribution is 0.574. The Labute approximate surface area is 110 Å². The lowest BCUT2D eigenvalue weighted by atomic mass is 10.2. The zero-order valence-electron chi connectivity index (χ0n) is 9.86. The fourth-order valence-corrected chi connectivity index (χ4v) is 1.61. The summed E-state index contributed by atoms with van der Waals surface area (Å²) < 4.78 is 27.5. The summed E-state index contributed by atoms with van der Waals surface area (Å²) in [6.07, 6.45) is 1.85. The lowest BCUT2D eigenvalue weighted by Gasteiger charge is -2.03. The van der Waals surface area contributed by atoms with Gasteiger partial charge in [-0.1, -0.05) is 0 Å². The van der Waals surface area contributed by atoms with Crippen molar-refractivity contribution in [2.75, 3.05) is 0 Å². The highest BCUT2D eigenvalue weighted by atomic mass is 35.5. The largest absolute Gasteiger partial charge is 0.307 e. The van der Waals surface area contributed by atoms with Gasteiger partial charge >= 0.3 is 0 Å². The number of hydrogen-bond acceptors (Lipinski definition) is 2. The molecule has 0 atom stereocenters. The number of nitrogens with one attached hydrogen (secondary N) is 1. The van der Waals surface area contributed by atoms with Crippen LogP contribution < -0.4 is 5.32 Å². The molecule has 2 rings (SSSR count). The van der Waals surface area contributed by atoms with Crippen LogP contribution in [0.25, 0.3) is 0 Å². The summed E-state index contributed by atoms with van der Waals surface area (Å²) in [6, 6.07) is 5.38. The molecule has 0 bridgehead atoms. The van der Waals surface area contributed by atoms with Gasteiger partial charge in [0.25, 0.3) is 0 Å². The van der Waals surface area contributed by atoms with Crippen LogP contribution in [0.1, 0.15) is 11.3 Å². The van der Waals surface area contributed by atoms with Gasteiger partial charge in [0.05, 0.1) is 5.69 Å². The van der Waals surface area contributed by atoms with Crippen LogP contribution in [-0.4, -0.2) is 9.78 Å². The Morgan fingerprint density at radius 1 is 1.17 bits per heavy atom. The minimum atomic E-state index is -0.556. The molecule has 1 N–H and O–H groups in total. The van der Waals surface area contributed by atoms with E-state index in [0.29, 0.717) is 18.7 Å². The molecular formula is C12H14ClF2N3. The summed E-state index contributed by atoms with van der Waals surface area (Å²) in [6.45, 7) is 0.976. The van der Waals surface area contributed by atoms with Crippen LogP contribution >= 0.6 is 12.4 Å². The number of aryl methyl sites for hydroxylation is 1. The van der Waals surface area contributed by atoms with Crippen molar-refractivity contribution in [1.29, 1.82) is 0 Å². The molecule has 0 amide bonds. The van der Waals surface area contributed by atoms with E-state index in [-0.39, 0.29) is 12.4 Å². The maximum Gasteiger partial charge on any atom is 0.126 e. The van der Waals surface area contributed by atoms with Crippen molar-refractivity contribution >= 4 is 12.4 Å². The third-order valence-corrected chi connectivity index (χ3v) is 2.33. The van der Waals surface area contributed by atoms with Gasteiger partial charge in [0.15, 0.2) is 0 Å². The van der Waals surface area contributed by atoms with Crippen molar-refractivity contribution in [2.45, 2.75) is 13.1 Å². The van der Waals surface area contributed by atoms with Crippen molar-refractivity contribution in [3.05, 3.63) is 53.4 Å². The van der Waals surface area contributed by atoms with Crippen molar-refractivity contribution in [3.8, 4) is 0 Å². The molecule has 98 valence electrons. The molecule has 0 aliphatic rings. The van der Waals surface area contributed by atoms with Gasteiger partial charge in [0.1, 0.15) is 11.6 Å². The first kappa shape index (κ1) is 14.6. The van der Waals surface area contributed by atoms with Crippen molar-refractivity contribution < 1.29 is 8.78 Å². The number of halogens is 3. The summed E-state index contributed by atoms with van der Waals surface area (Å²) in [4.78, 5) is 0. The van der Waals surface area contributed by atoms with Crippen LogP contribution in [0.4, 0.5) is 8.78 Å². The molecule has 0 unspecified atom stereocenters. The molecule has 0 aliphatic heterocycles. The summed E-state index contributed by atoms with van der Waals surface area (Å²) in [7, 11) is 1.84. The van der Waals surface area contributed by atoms with Crippen molar-refractivity contribution in [2.24, 2.45) is 7.05 Å². The first-order valence-electron chi connectivity index (χ1n) is 5.28. The van der Waals surface area contributed by atoms with Crippen LogP contribution in [-0.2, 0) is 20.1 Å². The highest BCUT2D eigenvalue weighted by Gasteiger charge is 2.01. The van der Waals surface area contributed by atoms with E-state index in [1.54, 1.807) is 4.68 Å². The third-order valence-electron chi connectivity index (χ3n) is 2.33. The molecule has 0 saturated heterocycles. The first-order valence-corrected chi connectivity index (χ1v) is 5.28. The van der Waals surface area contributed by atoms with Crippen LogP contribution in [0.5, 0.6) is 0 Å². The number of nitrogens with zero attached hydrogens (tertiary/aromatic N) is 2. The maximum absolute atomic E-state index is 12.9. The van der Waals surface area contributed by atoms with E-state index in [2.05, 4.69) is 10.4 Å². The van der Waals surface area contributed by atoms with E-state index in [0.717, 1.165) is 11.8 Å². The van der Waals surface area contributed by atoms with Crippen LogP contribution in [0.3, 0.4) is 0 Å². The molecule has 6 heteroatoms. The zero-order chi connectivity index (χ0) is 12.3. The molecule has 2 aromatic rings. The molecule has 0 fully saturated rings. The molecule has 18 heavy (non-hydrogen) atoms. The van der Waals surface area contributed by atoms with E-state index in [1.165, 1.54) is 12.1 Å². The smallest absolute Gasteiger partial charge is 0.126 e. The van der Waals surface area contributed by atoms with Gasteiger partial charge in [-0.25, -0.2) is 8.78 Å². The molecule has 1 aromatic heterocycles. The third kappa shape index (κ3) is 4.09. The minimum Gasteiger partial charge on any atom is -0.307 e. The van der Waals surface area contributed by atoms with E-state index in [4.69, 9.17) is 0 Å². The number of aromatic nitrogens is 2. The molecule has 1 heterocycles. The number of rotatable bonds is 4. The van der Waals surface area contributed by atoms with Crippen molar-refractivity contribution in [1.82, 2.24) is 15.1 Å². The Hall–Kier alpha value is -1.46. The number of hydrogen-bond donors (Lipinski definition) is 1. The van der Waals surface area contributed by atoms with Gasteiger partial charge in [-0.15, -0.1) is 12.4 Å². The number of benzene rings is 1. The molecule has 0 radical (unpaired) electrons. The monoisotopic (exact) mass is 273 g/mol. The molecule has 0 spiro atoms. The second-order valence-electron chi connectivity index (χ2n) is 3.86. The van der Waals surface area contributed by atoms with E-state index in [9.17, 15) is 8.78 Å². The summed E-state index contributed by atoms with van der Waals surface area (Å²) in [5.74, 6) is -1.11. The van der Waals surface area contributed by atoms with Crippen LogP contribution in [0.15, 0.2) is 30.5 Å². The fourth-order valence-electron chi connectivity index (χ4n) is 1.61. The average Bonchev–Trinajstić information content (AvgIpc) is 2.63. The topological polar surface area (TPSA) is 29.9 Å². The Balaban J connectivity index is 0.00000162. The first-order chi connectivity index (χ1) is 8.13. The van der Waals surface area contributed by atoms with Gasteiger partial charge in [-0.3, -0.25) is 4.68 Å². The Morgan fingerprint density at radius 3 is 2.39 bits per heavy atom. The molecule has 3 nitrogen and oxygen atoms in total. The van der Waals surface area contributed by atoms with Gasteiger partial charge in [-0.05, 0) is 23.8 Å². The predicted molar refractivity (Wildman–Crippen MR) is 67.4 cm³/mol. The van der Waals surface area contributed by atoms with Crippen LogP contribution in [0.2, 0.25) is 0 Å². The van der Waals surface area contributed by atoms with Gasteiger partial charge < -0.3 is 5.32 Å². The minimum absolute atomic E-state index is 0. The summed E-state index contributed by atoms with van der Waals surface area (Å²) in [5.41, 5.74) is 1.47. The van der Waals surface area contributed by atoms with Crippen LogP contribution in [0, 0.1) is 11.6 Å². The zero-order valence-corrected chi connectivity index (χ0v) is 10.7. The fraction of sp³-hybridized carbons (Fsp3) is 0.250. The van der Waals surface area contributed by atoms with Gasteiger partial charge in [0.2, 0.25) is 0 Å². The Bertz CT molecular complexity index is 494. The molecular weight excluding hydrogens is 260 g/mol. The Kier molecular flexibility index (Phi) is 5.25. The average molecular weight is 274 g/mol. The predicted octanol–water partition coefficient (Wildman–Crippen LogP) is 2.41. The van der Waals surface area contributed by atoms with E-state index in [1.807, 2.05) is 19.3 Å². The quantitative estimate of drug-likeness (QED) is 0.927. The molecule has 0 saturated carbocycles. The highest BCUT2D eigenvalue weighted by molar-refractivity contribution is 5.85. The summed E-state index contributed by atoms with van der Waals surface area (Å²) >= 11 is 0. The normalized spacial score (nSPS) is 10.2. The lowest BCUT2D eigenvalue weighted by Crippen LogP contribution is -2.13. The SMILES string of the molecule is Cl.Cn1ccc(CNCc2cc(F)cc(F)c2)n1. The molecule has 0 aliphatic carbocycles. The second kappa shape index (κ2) is 6.47. The standard InChI is InChI=1S/C12H13F2N3.ClH/c1-17-3-2-12(16-17)8-15-7-9-4-10(13)6-11(14)5-9;/h2-6,15H,7-8H2,1H3;1H. The van der Waals surface area contributed by atoms with E-state index >= 15 is 0 Å². The highest BCUT2D eigenvalue weighted by Crippen LogP contribution is 2.07.